The Kier molecular flexibility index (Phi) is 8.20. The van der Waals surface area contributed by atoms with Crippen molar-refractivity contribution in [3.8, 4) is 28.7 Å². The summed E-state index contributed by atoms with van der Waals surface area (Å²) in [4.78, 5) is 12.5. The summed E-state index contributed by atoms with van der Waals surface area (Å²) in [6.07, 6.45) is 3.21. The molecule has 3 N–H and O–H groups in total. The molecule has 1 heterocycles. The Bertz CT molecular complexity index is 1250. The Morgan fingerprint density at radius 2 is 1.62 bits per heavy atom. The first-order chi connectivity index (χ1) is 17.9. The predicted octanol–water partition coefficient (Wildman–Crippen LogP) is 4.62. The molecule has 0 radical (unpaired) electrons. The molecule has 0 amide bonds. The van der Waals surface area contributed by atoms with Crippen LogP contribution in [-0.4, -0.2) is 48.7 Å². The van der Waals surface area contributed by atoms with Gasteiger partial charge in [-0.25, -0.2) is 4.79 Å². The van der Waals surface area contributed by atoms with Crippen LogP contribution in [0.1, 0.15) is 22.8 Å². The quantitative estimate of drug-likeness (QED) is 0.284. The Balaban J connectivity index is 1.52. The highest BCUT2D eigenvalue weighted by Crippen LogP contribution is 2.43. The first kappa shape index (κ1) is 25.9. The van der Waals surface area contributed by atoms with Gasteiger partial charge in [0.2, 0.25) is 0 Å². The third-order valence-electron chi connectivity index (χ3n) is 6.48. The second-order valence-electron chi connectivity index (χ2n) is 8.87. The minimum Gasteiger partial charge on any atom is -0.508 e. The number of carbonyl (C=O) groups excluding carboxylic acids is 1. The van der Waals surface area contributed by atoms with E-state index in [-0.39, 0.29) is 41.8 Å². The van der Waals surface area contributed by atoms with Crippen LogP contribution in [0.15, 0.2) is 66.7 Å². The molecular formula is C29H30O8. The van der Waals surface area contributed by atoms with E-state index in [9.17, 15) is 20.1 Å². The molecule has 0 unspecified atom stereocenters. The topological polar surface area (TPSA) is 115 Å². The molecule has 1 aliphatic rings. The largest absolute Gasteiger partial charge is 0.508 e. The van der Waals surface area contributed by atoms with Gasteiger partial charge in [-0.3, -0.25) is 0 Å². The maximum atomic E-state index is 12.5. The molecule has 0 spiro atoms. The zero-order valence-electron chi connectivity index (χ0n) is 20.7. The fourth-order valence-electron chi connectivity index (χ4n) is 4.50. The van der Waals surface area contributed by atoms with Crippen molar-refractivity contribution in [3.05, 3.63) is 83.4 Å². The number of phenols is 3. The fraction of sp³-hybridized carbons (Fsp3) is 0.276. The Morgan fingerprint density at radius 1 is 0.946 bits per heavy atom. The first-order valence-electron chi connectivity index (χ1n) is 11.9. The van der Waals surface area contributed by atoms with Crippen molar-refractivity contribution in [2.45, 2.75) is 12.5 Å². The first-order valence-corrected chi connectivity index (χ1v) is 11.9. The van der Waals surface area contributed by atoms with Crippen LogP contribution in [0, 0.1) is 11.8 Å². The molecule has 4 rings (SSSR count). The average Bonchev–Trinajstić information content (AvgIpc) is 3.30. The molecule has 1 fully saturated rings. The minimum absolute atomic E-state index is 0.00734. The number of methoxy groups -OCH3 is 2. The lowest BCUT2D eigenvalue weighted by Gasteiger charge is -2.23. The molecule has 3 aromatic carbocycles. The molecule has 8 heteroatoms. The number of esters is 1. The molecular weight excluding hydrogens is 476 g/mol. The van der Waals surface area contributed by atoms with Crippen LogP contribution in [0.5, 0.6) is 28.7 Å². The summed E-state index contributed by atoms with van der Waals surface area (Å²) in [6.45, 7) is 0.551. The number of ether oxygens (including phenoxy) is 4. The normalized spacial score (nSPS) is 19.1. The van der Waals surface area contributed by atoms with E-state index in [1.165, 1.54) is 20.3 Å². The lowest BCUT2D eigenvalue weighted by molar-refractivity contribution is -0.139. The summed E-state index contributed by atoms with van der Waals surface area (Å²) < 4.78 is 22.3. The van der Waals surface area contributed by atoms with Crippen LogP contribution >= 0.6 is 0 Å². The van der Waals surface area contributed by atoms with E-state index in [4.69, 9.17) is 18.9 Å². The molecule has 0 aliphatic carbocycles. The van der Waals surface area contributed by atoms with Crippen LogP contribution in [0.4, 0.5) is 0 Å². The van der Waals surface area contributed by atoms with Gasteiger partial charge in [0, 0.05) is 12.0 Å². The van der Waals surface area contributed by atoms with Crippen molar-refractivity contribution in [2.24, 2.45) is 11.8 Å². The van der Waals surface area contributed by atoms with Gasteiger partial charge in [-0.1, -0.05) is 24.3 Å². The SMILES string of the molecule is COc1cc(C[C@H]2CO[C@@H](c3ccc(O)c(OC)c3)[C@@H]2COC(=O)C=Cc2ccc(O)cc2)ccc1O. The number of aromatic hydroxyl groups is 3. The third kappa shape index (κ3) is 6.34. The van der Waals surface area contributed by atoms with Gasteiger partial charge in [0.15, 0.2) is 23.0 Å². The van der Waals surface area contributed by atoms with Crippen molar-refractivity contribution >= 4 is 12.0 Å². The fourth-order valence-corrected chi connectivity index (χ4v) is 4.50. The number of benzene rings is 3. The lowest BCUT2D eigenvalue weighted by Crippen LogP contribution is -2.24. The van der Waals surface area contributed by atoms with Crippen LogP contribution < -0.4 is 9.47 Å². The van der Waals surface area contributed by atoms with Crippen molar-refractivity contribution in [2.75, 3.05) is 27.4 Å². The third-order valence-corrected chi connectivity index (χ3v) is 6.48. The molecule has 0 aromatic heterocycles. The monoisotopic (exact) mass is 506 g/mol. The highest BCUT2D eigenvalue weighted by atomic mass is 16.5. The molecule has 1 aliphatic heterocycles. The van der Waals surface area contributed by atoms with Gasteiger partial charge in [0.25, 0.3) is 0 Å². The van der Waals surface area contributed by atoms with Gasteiger partial charge in [-0.15, -0.1) is 0 Å². The molecule has 37 heavy (non-hydrogen) atoms. The van der Waals surface area contributed by atoms with Gasteiger partial charge in [0.05, 0.1) is 33.5 Å². The Labute approximate surface area is 215 Å². The summed E-state index contributed by atoms with van der Waals surface area (Å²) >= 11 is 0. The molecule has 0 bridgehead atoms. The van der Waals surface area contributed by atoms with Crippen LogP contribution in [0.3, 0.4) is 0 Å². The van der Waals surface area contributed by atoms with Gasteiger partial charge >= 0.3 is 5.97 Å². The maximum absolute atomic E-state index is 12.5. The zero-order valence-corrected chi connectivity index (χ0v) is 20.7. The predicted molar refractivity (Wildman–Crippen MR) is 137 cm³/mol. The van der Waals surface area contributed by atoms with E-state index in [0.717, 1.165) is 16.7 Å². The maximum Gasteiger partial charge on any atom is 0.330 e. The summed E-state index contributed by atoms with van der Waals surface area (Å²) in [5.74, 6) is 0.294. The van der Waals surface area contributed by atoms with Gasteiger partial charge in [-0.05, 0) is 71.5 Å². The number of hydrogen-bond donors (Lipinski definition) is 3. The molecule has 3 aromatic rings. The minimum atomic E-state index is -0.493. The highest BCUT2D eigenvalue weighted by molar-refractivity contribution is 5.87. The standard InChI is InChI=1S/C29H30O8/c1-34-26-14-19(5-10-24(26)31)13-21-16-37-29(20-7-11-25(32)27(15-20)35-2)23(21)17-36-28(33)12-6-18-3-8-22(30)9-4-18/h3-12,14-15,21,23,29-32H,13,16-17H2,1-2H3/t21-,23+,29-/m0/s1. The lowest BCUT2D eigenvalue weighted by atomic mass is 9.84. The van der Waals surface area contributed by atoms with Crippen molar-refractivity contribution in [3.63, 3.8) is 0 Å². The van der Waals surface area contributed by atoms with Crippen molar-refractivity contribution < 1.29 is 39.1 Å². The van der Waals surface area contributed by atoms with E-state index in [1.54, 1.807) is 60.7 Å². The van der Waals surface area contributed by atoms with Gasteiger partial charge in [-0.2, -0.15) is 0 Å². The highest BCUT2D eigenvalue weighted by Gasteiger charge is 2.39. The second-order valence-corrected chi connectivity index (χ2v) is 8.87. The summed E-state index contributed by atoms with van der Waals surface area (Å²) in [5.41, 5.74) is 2.52. The number of carbonyl (C=O) groups is 1. The Hall–Kier alpha value is -4.17. The smallest absolute Gasteiger partial charge is 0.330 e. The molecule has 8 nitrogen and oxygen atoms in total. The van der Waals surface area contributed by atoms with E-state index < -0.39 is 5.97 Å². The van der Waals surface area contributed by atoms with E-state index in [2.05, 4.69) is 0 Å². The number of hydrogen-bond acceptors (Lipinski definition) is 8. The van der Waals surface area contributed by atoms with Crippen LogP contribution in [-0.2, 0) is 20.7 Å². The number of rotatable bonds is 9. The van der Waals surface area contributed by atoms with Gasteiger partial charge in [0.1, 0.15) is 5.75 Å². The molecule has 0 saturated carbocycles. The van der Waals surface area contributed by atoms with Crippen LogP contribution in [0.2, 0.25) is 0 Å². The van der Waals surface area contributed by atoms with E-state index in [1.807, 2.05) is 6.07 Å². The van der Waals surface area contributed by atoms with Crippen LogP contribution in [0.25, 0.3) is 6.08 Å². The second kappa shape index (κ2) is 11.7. The van der Waals surface area contributed by atoms with E-state index in [0.29, 0.717) is 24.5 Å². The molecule has 3 atom stereocenters. The van der Waals surface area contributed by atoms with Crippen molar-refractivity contribution in [1.82, 2.24) is 0 Å². The zero-order chi connectivity index (χ0) is 26.4. The summed E-state index contributed by atoms with van der Waals surface area (Å²) in [5, 5.41) is 29.4. The molecule has 1 saturated heterocycles. The van der Waals surface area contributed by atoms with Gasteiger partial charge < -0.3 is 34.3 Å². The summed E-state index contributed by atoms with van der Waals surface area (Å²) in [7, 11) is 2.98. The summed E-state index contributed by atoms with van der Waals surface area (Å²) in [6, 6.07) is 16.7. The molecule has 194 valence electrons. The average molecular weight is 507 g/mol. The Morgan fingerprint density at radius 3 is 2.32 bits per heavy atom. The van der Waals surface area contributed by atoms with E-state index >= 15 is 0 Å². The van der Waals surface area contributed by atoms with Crippen molar-refractivity contribution in [1.29, 1.82) is 0 Å². The number of phenolic OH excluding ortho intramolecular Hbond substituents is 3.